The number of hydrogen-bond acceptors (Lipinski definition) is 2. The van der Waals surface area contributed by atoms with Gasteiger partial charge in [-0.25, -0.2) is 0 Å². The van der Waals surface area contributed by atoms with Crippen LogP contribution in [0.1, 0.15) is 30.7 Å². The van der Waals surface area contributed by atoms with E-state index in [0.29, 0.717) is 16.6 Å². The highest BCUT2D eigenvalue weighted by atomic mass is 35.5. The molecule has 0 radical (unpaired) electrons. The number of nitrogens with two attached hydrogens (primary N) is 1. The van der Waals surface area contributed by atoms with Gasteiger partial charge in [0.05, 0.1) is 0 Å². The predicted octanol–water partition coefficient (Wildman–Crippen LogP) is 3.05. The topological polar surface area (TPSA) is 46.3 Å². The van der Waals surface area contributed by atoms with Crippen LogP contribution in [0.3, 0.4) is 0 Å². The number of benzene rings is 1. The first kappa shape index (κ1) is 14.2. The molecule has 0 spiro atoms. The highest BCUT2D eigenvalue weighted by Crippen LogP contribution is 2.49. The number of carbonyl (C=O) groups excluding carboxylic acids is 1. The quantitative estimate of drug-likeness (QED) is 0.912. The van der Waals surface area contributed by atoms with Crippen LogP contribution in [0.15, 0.2) is 18.2 Å². The molecule has 1 saturated carbocycles. The molecule has 3 nitrogen and oxygen atoms in total. The third-order valence-electron chi connectivity index (χ3n) is 4.19. The van der Waals surface area contributed by atoms with Gasteiger partial charge in [0.15, 0.2) is 0 Å². The van der Waals surface area contributed by atoms with Gasteiger partial charge in [0.25, 0.3) is 0 Å². The van der Waals surface area contributed by atoms with Gasteiger partial charge in [-0.3, -0.25) is 4.79 Å². The van der Waals surface area contributed by atoms with E-state index in [4.69, 9.17) is 28.9 Å². The molecular formula is C15H18Cl2N2O. The minimum absolute atomic E-state index is 0.0785. The first-order chi connectivity index (χ1) is 9.54. The molecule has 2 fully saturated rings. The van der Waals surface area contributed by atoms with Crippen molar-refractivity contribution in [1.29, 1.82) is 0 Å². The predicted molar refractivity (Wildman–Crippen MR) is 81.1 cm³/mol. The highest BCUT2D eigenvalue weighted by Gasteiger charge is 2.46. The van der Waals surface area contributed by atoms with Crippen LogP contribution in [0.25, 0.3) is 0 Å². The molecule has 3 rings (SSSR count). The lowest BCUT2D eigenvalue weighted by molar-refractivity contribution is -0.133. The summed E-state index contributed by atoms with van der Waals surface area (Å²) in [5, 5.41) is 1.26. The van der Waals surface area contributed by atoms with Crippen molar-refractivity contribution in [3.8, 4) is 0 Å². The molecule has 1 saturated heterocycles. The summed E-state index contributed by atoms with van der Waals surface area (Å²) in [6.07, 6.45) is 2.91. The zero-order chi connectivity index (χ0) is 14.3. The zero-order valence-corrected chi connectivity index (χ0v) is 12.7. The maximum absolute atomic E-state index is 12.5. The van der Waals surface area contributed by atoms with Gasteiger partial charge in [0, 0.05) is 35.1 Å². The van der Waals surface area contributed by atoms with E-state index >= 15 is 0 Å². The number of likely N-dealkylation sites (tertiary alicyclic amines) is 1. The van der Waals surface area contributed by atoms with E-state index in [2.05, 4.69) is 0 Å². The van der Waals surface area contributed by atoms with Crippen LogP contribution in [-0.2, 0) is 4.79 Å². The van der Waals surface area contributed by atoms with Crippen molar-refractivity contribution in [2.24, 2.45) is 11.7 Å². The van der Waals surface area contributed by atoms with Crippen LogP contribution in [-0.4, -0.2) is 29.9 Å². The molecule has 0 unspecified atom stereocenters. The summed E-state index contributed by atoms with van der Waals surface area (Å²) >= 11 is 12.0. The summed E-state index contributed by atoms with van der Waals surface area (Å²) in [7, 11) is 0. The maximum Gasteiger partial charge on any atom is 0.226 e. The fourth-order valence-corrected chi connectivity index (χ4v) is 3.61. The Hall–Kier alpha value is -0.770. The van der Waals surface area contributed by atoms with E-state index < -0.39 is 0 Å². The van der Waals surface area contributed by atoms with Gasteiger partial charge in [-0.2, -0.15) is 0 Å². The number of piperidine rings is 1. The van der Waals surface area contributed by atoms with Gasteiger partial charge in [-0.15, -0.1) is 0 Å². The molecule has 1 aromatic carbocycles. The molecule has 1 heterocycles. The van der Waals surface area contributed by atoms with E-state index in [0.717, 1.165) is 31.4 Å². The van der Waals surface area contributed by atoms with Crippen LogP contribution in [0.5, 0.6) is 0 Å². The lowest BCUT2D eigenvalue weighted by Gasteiger charge is -2.31. The van der Waals surface area contributed by atoms with Crippen molar-refractivity contribution in [3.63, 3.8) is 0 Å². The minimum atomic E-state index is 0.0785. The van der Waals surface area contributed by atoms with Gasteiger partial charge in [0.1, 0.15) is 0 Å². The molecule has 0 bridgehead atoms. The van der Waals surface area contributed by atoms with Gasteiger partial charge in [0.2, 0.25) is 5.91 Å². The molecule has 2 N–H and O–H groups in total. The monoisotopic (exact) mass is 312 g/mol. The molecule has 3 atom stereocenters. The largest absolute Gasteiger partial charge is 0.341 e. The van der Waals surface area contributed by atoms with E-state index in [1.807, 2.05) is 17.0 Å². The molecule has 1 aliphatic heterocycles. The van der Waals surface area contributed by atoms with Crippen LogP contribution in [0, 0.1) is 5.92 Å². The fourth-order valence-electron chi connectivity index (χ4n) is 3.07. The van der Waals surface area contributed by atoms with Crippen molar-refractivity contribution in [1.82, 2.24) is 4.90 Å². The third-order valence-corrected chi connectivity index (χ3v) is 4.63. The second-order valence-electron chi connectivity index (χ2n) is 5.84. The molecule has 5 heteroatoms. The van der Waals surface area contributed by atoms with Crippen LogP contribution in [0.2, 0.25) is 10.0 Å². The summed E-state index contributed by atoms with van der Waals surface area (Å²) in [5.41, 5.74) is 7.01. The summed E-state index contributed by atoms with van der Waals surface area (Å²) < 4.78 is 0. The van der Waals surface area contributed by atoms with Crippen LogP contribution >= 0.6 is 23.2 Å². The molecule has 20 heavy (non-hydrogen) atoms. The maximum atomic E-state index is 12.5. The molecular weight excluding hydrogens is 295 g/mol. The second kappa shape index (κ2) is 5.55. The normalized spacial score (nSPS) is 29.4. The Balaban J connectivity index is 1.67. The smallest absolute Gasteiger partial charge is 0.226 e. The van der Waals surface area contributed by atoms with Crippen molar-refractivity contribution < 1.29 is 4.79 Å². The minimum Gasteiger partial charge on any atom is -0.341 e. The summed E-state index contributed by atoms with van der Waals surface area (Å²) in [4.78, 5) is 14.4. The number of amides is 1. The SMILES string of the molecule is N[C@@H]1CCCN(C(=O)[C@@H]2C[C@H]2c2cc(Cl)cc(Cl)c2)C1. The first-order valence-corrected chi connectivity index (χ1v) is 7.80. The number of hydrogen-bond donors (Lipinski definition) is 1. The summed E-state index contributed by atoms with van der Waals surface area (Å²) in [6.45, 7) is 1.53. The number of nitrogens with zero attached hydrogens (tertiary/aromatic N) is 1. The molecule has 1 aromatic rings. The van der Waals surface area contributed by atoms with Gasteiger partial charge in [-0.1, -0.05) is 23.2 Å². The number of halogens is 2. The average Bonchev–Trinajstić information content (AvgIpc) is 3.17. The lowest BCUT2D eigenvalue weighted by atomic mass is 10.0. The van der Waals surface area contributed by atoms with E-state index in [1.165, 1.54) is 0 Å². The Morgan fingerprint density at radius 3 is 2.60 bits per heavy atom. The van der Waals surface area contributed by atoms with Crippen molar-refractivity contribution in [2.75, 3.05) is 13.1 Å². The fraction of sp³-hybridized carbons (Fsp3) is 0.533. The van der Waals surface area contributed by atoms with E-state index in [1.54, 1.807) is 6.07 Å². The highest BCUT2D eigenvalue weighted by molar-refractivity contribution is 6.34. The molecule has 108 valence electrons. The Labute approximate surface area is 129 Å². The Bertz CT molecular complexity index is 514. The number of rotatable bonds is 2. The van der Waals surface area contributed by atoms with Crippen LogP contribution < -0.4 is 5.73 Å². The zero-order valence-electron chi connectivity index (χ0n) is 11.2. The standard InChI is InChI=1S/C15H18Cl2N2O/c16-10-4-9(5-11(17)6-10)13-7-14(13)15(20)19-3-1-2-12(18)8-19/h4-6,12-14H,1-3,7-8,18H2/t12-,13+,14-/m1/s1. The lowest BCUT2D eigenvalue weighted by Crippen LogP contribution is -2.46. The van der Waals surface area contributed by atoms with Crippen molar-refractivity contribution in [2.45, 2.75) is 31.2 Å². The average molecular weight is 313 g/mol. The summed E-state index contributed by atoms with van der Waals surface area (Å²) in [5.74, 6) is 0.577. The number of carbonyl (C=O) groups is 1. The second-order valence-corrected chi connectivity index (χ2v) is 6.71. The van der Waals surface area contributed by atoms with Crippen molar-refractivity contribution in [3.05, 3.63) is 33.8 Å². The third kappa shape index (κ3) is 2.95. The first-order valence-electron chi connectivity index (χ1n) is 7.05. The van der Waals surface area contributed by atoms with Crippen molar-refractivity contribution >= 4 is 29.1 Å². The summed E-state index contributed by atoms with van der Waals surface area (Å²) in [6, 6.07) is 5.67. The molecule has 0 aromatic heterocycles. The Morgan fingerprint density at radius 1 is 1.25 bits per heavy atom. The van der Waals surface area contributed by atoms with Gasteiger partial charge >= 0.3 is 0 Å². The Kier molecular flexibility index (Phi) is 3.93. The van der Waals surface area contributed by atoms with E-state index in [9.17, 15) is 4.79 Å². The molecule has 1 amide bonds. The van der Waals surface area contributed by atoms with Gasteiger partial charge in [-0.05, 0) is 48.9 Å². The van der Waals surface area contributed by atoms with Crippen LogP contribution in [0.4, 0.5) is 0 Å². The van der Waals surface area contributed by atoms with E-state index in [-0.39, 0.29) is 23.8 Å². The van der Waals surface area contributed by atoms with Gasteiger partial charge < -0.3 is 10.6 Å². The Morgan fingerprint density at radius 2 is 1.95 bits per heavy atom. The molecule has 2 aliphatic rings. The molecule has 1 aliphatic carbocycles.